The van der Waals surface area contributed by atoms with Crippen LogP contribution >= 0.6 is 11.6 Å². The predicted molar refractivity (Wildman–Crippen MR) is 81.7 cm³/mol. The molecule has 1 aliphatic rings. The molecule has 3 aromatic rings. The first kappa shape index (κ1) is 12.5. The van der Waals surface area contributed by atoms with Crippen molar-refractivity contribution in [2.24, 2.45) is 0 Å². The second-order valence-electron chi connectivity index (χ2n) is 5.08. The summed E-state index contributed by atoms with van der Waals surface area (Å²) in [5.41, 5.74) is 3.46. The lowest BCUT2D eigenvalue weighted by Crippen LogP contribution is -2.11. The first-order valence-corrected chi connectivity index (χ1v) is 7.18. The summed E-state index contributed by atoms with van der Waals surface area (Å²) < 4.78 is 8.05. The molecule has 0 saturated heterocycles. The van der Waals surface area contributed by atoms with E-state index in [2.05, 4.69) is 27.8 Å². The Morgan fingerprint density at radius 1 is 1.14 bits per heavy atom. The molecule has 0 radical (unpaired) electrons. The SMILES string of the molecule is Clc1ccc2c(c1)C(n1ccnc1)c1ccccc1CO2. The molecule has 0 saturated carbocycles. The zero-order valence-electron chi connectivity index (χ0n) is 11.2. The Balaban J connectivity index is 2.00. The molecule has 0 spiro atoms. The summed E-state index contributed by atoms with van der Waals surface area (Å²) >= 11 is 6.20. The molecule has 3 nitrogen and oxygen atoms in total. The highest BCUT2D eigenvalue weighted by molar-refractivity contribution is 6.30. The highest BCUT2D eigenvalue weighted by Crippen LogP contribution is 2.39. The number of rotatable bonds is 1. The van der Waals surface area contributed by atoms with E-state index in [-0.39, 0.29) is 6.04 Å². The quantitative estimate of drug-likeness (QED) is 0.677. The van der Waals surface area contributed by atoms with Gasteiger partial charge in [0.2, 0.25) is 0 Å². The summed E-state index contributed by atoms with van der Waals surface area (Å²) in [5, 5.41) is 0.710. The minimum atomic E-state index is 0.0277. The number of halogens is 1. The minimum absolute atomic E-state index is 0.0277. The smallest absolute Gasteiger partial charge is 0.125 e. The lowest BCUT2D eigenvalue weighted by Gasteiger charge is -2.20. The molecule has 4 rings (SSSR count). The number of benzene rings is 2. The average molecular weight is 297 g/mol. The first-order valence-electron chi connectivity index (χ1n) is 6.80. The molecule has 1 atom stereocenters. The fourth-order valence-electron chi connectivity index (χ4n) is 2.86. The summed E-state index contributed by atoms with van der Waals surface area (Å²) in [4.78, 5) is 4.19. The van der Waals surface area contributed by atoms with Gasteiger partial charge in [0, 0.05) is 23.0 Å². The predicted octanol–water partition coefficient (Wildman–Crippen LogP) is 4.07. The largest absolute Gasteiger partial charge is 0.489 e. The molecule has 104 valence electrons. The Kier molecular flexibility index (Phi) is 2.93. The molecule has 0 N–H and O–H groups in total. The van der Waals surface area contributed by atoms with Gasteiger partial charge in [-0.3, -0.25) is 0 Å². The van der Waals surface area contributed by atoms with Gasteiger partial charge in [-0.15, -0.1) is 0 Å². The van der Waals surface area contributed by atoms with Crippen molar-refractivity contribution >= 4 is 11.6 Å². The van der Waals surface area contributed by atoms with Crippen LogP contribution in [0.2, 0.25) is 5.02 Å². The third kappa shape index (κ3) is 2.10. The maximum absolute atomic E-state index is 6.20. The van der Waals surface area contributed by atoms with Gasteiger partial charge >= 0.3 is 0 Å². The monoisotopic (exact) mass is 296 g/mol. The zero-order valence-corrected chi connectivity index (χ0v) is 12.0. The average Bonchev–Trinajstić information content (AvgIpc) is 2.97. The van der Waals surface area contributed by atoms with Gasteiger partial charge in [-0.2, -0.15) is 0 Å². The van der Waals surface area contributed by atoms with Crippen LogP contribution in [0.1, 0.15) is 22.7 Å². The fraction of sp³-hybridized carbons (Fsp3) is 0.118. The number of hydrogen-bond acceptors (Lipinski definition) is 2. The topological polar surface area (TPSA) is 27.1 Å². The second kappa shape index (κ2) is 4.93. The zero-order chi connectivity index (χ0) is 14.2. The fourth-order valence-corrected chi connectivity index (χ4v) is 3.04. The van der Waals surface area contributed by atoms with Crippen molar-refractivity contribution in [3.63, 3.8) is 0 Å². The van der Waals surface area contributed by atoms with Crippen LogP contribution < -0.4 is 4.74 Å². The lowest BCUT2D eigenvalue weighted by molar-refractivity contribution is 0.306. The molecular weight excluding hydrogens is 284 g/mol. The van der Waals surface area contributed by atoms with Crippen LogP contribution in [-0.2, 0) is 6.61 Å². The van der Waals surface area contributed by atoms with E-state index >= 15 is 0 Å². The number of nitrogens with zero attached hydrogens (tertiary/aromatic N) is 2. The Bertz CT molecular complexity index is 783. The lowest BCUT2D eigenvalue weighted by atomic mass is 9.95. The summed E-state index contributed by atoms with van der Waals surface area (Å²) in [5.74, 6) is 0.870. The molecule has 1 unspecified atom stereocenters. The molecule has 1 aromatic heterocycles. The van der Waals surface area contributed by atoms with E-state index in [0.29, 0.717) is 11.6 Å². The van der Waals surface area contributed by atoms with Crippen LogP contribution in [-0.4, -0.2) is 9.55 Å². The third-order valence-electron chi connectivity index (χ3n) is 3.82. The molecule has 0 fully saturated rings. The molecule has 0 aliphatic carbocycles. The highest BCUT2D eigenvalue weighted by Gasteiger charge is 2.25. The first-order chi connectivity index (χ1) is 10.3. The number of aromatic nitrogens is 2. The van der Waals surface area contributed by atoms with Gasteiger partial charge in [0.25, 0.3) is 0 Å². The van der Waals surface area contributed by atoms with Gasteiger partial charge in [0.1, 0.15) is 12.4 Å². The maximum Gasteiger partial charge on any atom is 0.125 e. The van der Waals surface area contributed by atoms with Crippen LogP contribution in [0.3, 0.4) is 0 Å². The van der Waals surface area contributed by atoms with Crippen LogP contribution in [0.15, 0.2) is 61.2 Å². The molecule has 1 aliphatic heterocycles. The molecule has 0 bridgehead atoms. The Morgan fingerprint density at radius 3 is 2.90 bits per heavy atom. The van der Waals surface area contributed by atoms with Gasteiger partial charge in [-0.1, -0.05) is 35.9 Å². The van der Waals surface area contributed by atoms with Crippen molar-refractivity contribution in [2.45, 2.75) is 12.6 Å². The van der Waals surface area contributed by atoms with E-state index in [1.807, 2.05) is 36.8 Å². The Hall–Kier alpha value is -2.26. The van der Waals surface area contributed by atoms with Gasteiger partial charge in [0.05, 0.1) is 12.4 Å². The van der Waals surface area contributed by atoms with Gasteiger partial charge < -0.3 is 9.30 Å². The van der Waals surface area contributed by atoms with E-state index < -0.39 is 0 Å². The molecule has 21 heavy (non-hydrogen) atoms. The van der Waals surface area contributed by atoms with Crippen molar-refractivity contribution in [1.29, 1.82) is 0 Å². The van der Waals surface area contributed by atoms with E-state index in [4.69, 9.17) is 16.3 Å². The third-order valence-corrected chi connectivity index (χ3v) is 4.06. The van der Waals surface area contributed by atoms with Crippen molar-refractivity contribution in [3.05, 3.63) is 82.9 Å². The van der Waals surface area contributed by atoms with Gasteiger partial charge in [0.15, 0.2) is 0 Å². The van der Waals surface area contributed by atoms with E-state index in [1.54, 1.807) is 6.20 Å². The van der Waals surface area contributed by atoms with Crippen molar-refractivity contribution < 1.29 is 4.74 Å². The molecule has 4 heteroatoms. The van der Waals surface area contributed by atoms with Crippen molar-refractivity contribution in [1.82, 2.24) is 9.55 Å². The second-order valence-corrected chi connectivity index (χ2v) is 5.52. The number of hydrogen-bond donors (Lipinski definition) is 0. The number of imidazole rings is 1. The summed E-state index contributed by atoms with van der Waals surface area (Å²) in [6.45, 7) is 0.565. The van der Waals surface area contributed by atoms with Gasteiger partial charge in [-0.05, 0) is 29.3 Å². The minimum Gasteiger partial charge on any atom is -0.489 e. The van der Waals surface area contributed by atoms with E-state index in [9.17, 15) is 0 Å². The highest BCUT2D eigenvalue weighted by atomic mass is 35.5. The van der Waals surface area contributed by atoms with Crippen LogP contribution in [0.4, 0.5) is 0 Å². The van der Waals surface area contributed by atoms with Crippen molar-refractivity contribution in [3.8, 4) is 5.75 Å². The number of ether oxygens (including phenoxy) is 1. The van der Waals surface area contributed by atoms with Crippen molar-refractivity contribution in [2.75, 3.05) is 0 Å². The molecule has 2 aromatic carbocycles. The maximum atomic E-state index is 6.20. The van der Waals surface area contributed by atoms with Crippen LogP contribution in [0.25, 0.3) is 0 Å². The summed E-state index contributed by atoms with van der Waals surface area (Å²) in [6.07, 6.45) is 5.59. The summed E-state index contributed by atoms with van der Waals surface area (Å²) in [7, 11) is 0. The molecular formula is C17H13ClN2O. The summed E-state index contributed by atoms with van der Waals surface area (Å²) in [6, 6.07) is 14.1. The van der Waals surface area contributed by atoms with Crippen LogP contribution in [0, 0.1) is 0 Å². The van der Waals surface area contributed by atoms with E-state index in [0.717, 1.165) is 11.3 Å². The Labute approximate surface area is 127 Å². The molecule has 0 amide bonds. The standard InChI is InChI=1S/C17H13ClN2O/c18-13-5-6-16-15(9-13)17(20-8-7-19-11-20)14-4-2-1-3-12(14)10-21-16/h1-9,11,17H,10H2. The van der Waals surface area contributed by atoms with Crippen LogP contribution in [0.5, 0.6) is 5.75 Å². The Morgan fingerprint density at radius 2 is 2.05 bits per heavy atom. The van der Waals surface area contributed by atoms with Gasteiger partial charge in [-0.25, -0.2) is 4.98 Å². The number of fused-ring (bicyclic) bond motifs is 2. The van der Waals surface area contributed by atoms with E-state index in [1.165, 1.54) is 11.1 Å². The normalized spacial score (nSPS) is 16.5. The molecule has 2 heterocycles.